The first kappa shape index (κ1) is 14.0. The van der Waals surface area contributed by atoms with E-state index >= 15 is 0 Å². The van der Waals surface area contributed by atoms with Crippen LogP contribution >= 0.6 is 0 Å². The molecule has 1 heterocycles. The summed E-state index contributed by atoms with van der Waals surface area (Å²) in [5.74, 6) is -1.80. The maximum atomic E-state index is 12.6. The minimum atomic E-state index is -4.81. The SMILES string of the molecule is Nc1cc2c(cc1N)C1CC(C2)CN(C(=O)C(F)(F)F)C1. The molecule has 3 rings (SSSR count). The van der Waals surface area contributed by atoms with Gasteiger partial charge in [0.25, 0.3) is 0 Å². The van der Waals surface area contributed by atoms with E-state index in [0.717, 1.165) is 22.4 Å². The third-order valence-electron chi connectivity index (χ3n) is 4.36. The van der Waals surface area contributed by atoms with Crippen LogP contribution in [0.25, 0.3) is 0 Å². The largest absolute Gasteiger partial charge is 0.471 e. The molecule has 1 aromatic carbocycles. The average Bonchev–Trinajstić information content (AvgIpc) is 2.39. The fraction of sp³-hybridized carbons (Fsp3) is 0.500. The number of rotatable bonds is 0. The van der Waals surface area contributed by atoms with E-state index in [2.05, 4.69) is 0 Å². The van der Waals surface area contributed by atoms with E-state index in [9.17, 15) is 18.0 Å². The van der Waals surface area contributed by atoms with Gasteiger partial charge in [0, 0.05) is 19.0 Å². The van der Waals surface area contributed by atoms with Crippen molar-refractivity contribution in [2.24, 2.45) is 5.92 Å². The fourth-order valence-corrected chi connectivity index (χ4v) is 3.49. The van der Waals surface area contributed by atoms with Crippen LogP contribution in [0.1, 0.15) is 23.5 Å². The maximum absolute atomic E-state index is 12.6. The molecule has 7 heteroatoms. The zero-order chi connectivity index (χ0) is 15.4. The first-order valence-corrected chi connectivity index (χ1v) is 6.79. The number of nitrogen functional groups attached to an aromatic ring is 2. The van der Waals surface area contributed by atoms with E-state index < -0.39 is 12.1 Å². The summed E-state index contributed by atoms with van der Waals surface area (Å²) in [4.78, 5) is 12.4. The monoisotopic (exact) mass is 299 g/mol. The smallest absolute Gasteiger partial charge is 0.397 e. The lowest BCUT2D eigenvalue weighted by atomic mass is 9.73. The third kappa shape index (κ3) is 2.41. The first-order valence-electron chi connectivity index (χ1n) is 6.79. The van der Waals surface area contributed by atoms with E-state index in [1.807, 2.05) is 6.07 Å². The van der Waals surface area contributed by atoms with Crippen LogP contribution in [-0.4, -0.2) is 30.1 Å². The number of carbonyl (C=O) groups excluding carboxylic acids is 1. The van der Waals surface area contributed by atoms with Gasteiger partial charge in [-0.2, -0.15) is 13.2 Å². The predicted octanol–water partition coefficient (Wildman–Crippen LogP) is 1.90. The summed E-state index contributed by atoms with van der Waals surface area (Å²) in [5.41, 5.74) is 14.5. The molecule has 0 radical (unpaired) electrons. The first-order chi connectivity index (χ1) is 9.75. The summed E-state index contributed by atoms with van der Waals surface area (Å²) in [6, 6.07) is 3.55. The summed E-state index contributed by atoms with van der Waals surface area (Å²) in [5, 5.41) is 0. The van der Waals surface area contributed by atoms with Gasteiger partial charge in [0.15, 0.2) is 0 Å². The van der Waals surface area contributed by atoms with Crippen LogP contribution in [0.5, 0.6) is 0 Å². The molecule has 0 aromatic heterocycles. The number of nitrogens with two attached hydrogens (primary N) is 2. The molecule has 2 aliphatic rings. The predicted molar refractivity (Wildman–Crippen MR) is 72.5 cm³/mol. The van der Waals surface area contributed by atoms with Gasteiger partial charge in [-0.15, -0.1) is 0 Å². The van der Waals surface area contributed by atoms with Gasteiger partial charge < -0.3 is 16.4 Å². The van der Waals surface area contributed by atoms with Gasteiger partial charge in [-0.1, -0.05) is 0 Å². The van der Waals surface area contributed by atoms with E-state index in [1.165, 1.54) is 0 Å². The molecule has 1 aliphatic carbocycles. The van der Waals surface area contributed by atoms with Gasteiger partial charge in [-0.05, 0) is 42.0 Å². The van der Waals surface area contributed by atoms with Crippen molar-refractivity contribution in [2.75, 3.05) is 24.6 Å². The maximum Gasteiger partial charge on any atom is 0.471 e. The van der Waals surface area contributed by atoms with Gasteiger partial charge >= 0.3 is 12.1 Å². The van der Waals surface area contributed by atoms with Crippen LogP contribution < -0.4 is 11.5 Å². The summed E-state index contributed by atoms with van der Waals surface area (Å²) >= 11 is 0. The Morgan fingerprint density at radius 3 is 2.52 bits per heavy atom. The Bertz CT molecular complexity index is 600. The van der Waals surface area contributed by atoms with Crippen LogP contribution in [0.4, 0.5) is 24.5 Å². The number of alkyl halides is 3. The Hall–Kier alpha value is -1.92. The summed E-state index contributed by atoms with van der Waals surface area (Å²) in [6.45, 7) is 0.240. The second-order valence-corrected chi connectivity index (χ2v) is 5.89. The Balaban J connectivity index is 1.90. The molecule has 1 saturated heterocycles. The quantitative estimate of drug-likeness (QED) is 0.719. The van der Waals surface area contributed by atoms with Crippen molar-refractivity contribution < 1.29 is 18.0 Å². The van der Waals surface area contributed by atoms with Gasteiger partial charge in [0.05, 0.1) is 11.4 Å². The number of benzene rings is 1. The molecular formula is C14H16F3N3O. The Morgan fingerprint density at radius 2 is 1.86 bits per heavy atom. The lowest BCUT2D eigenvalue weighted by Gasteiger charge is -2.42. The van der Waals surface area contributed by atoms with Gasteiger partial charge in [0.1, 0.15) is 0 Å². The second-order valence-electron chi connectivity index (χ2n) is 5.89. The number of likely N-dealkylation sites (tertiary alicyclic amines) is 1. The molecule has 1 aromatic rings. The highest BCUT2D eigenvalue weighted by atomic mass is 19.4. The van der Waals surface area contributed by atoms with E-state index in [1.54, 1.807) is 6.07 Å². The number of halogens is 3. The van der Waals surface area contributed by atoms with Crippen LogP contribution in [-0.2, 0) is 11.2 Å². The zero-order valence-electron chi connectivity index (χ0n) is 11.3. The van der Waals surface area contributed by atoms with Crippen LogP contribution in [0.3, 0.4) is 0 Å². The van der Waals surface area contributed by atoms with Gasteiger partial charge in [0.2, 0.25) is 0 Å². The third-order valence-corrected chi connectivity index (χ3v) is 4.36. The van der Waals surface area contributed by atoms with Crippen molar-refractivity contribution in [3.63, 3.8) is 0 Å². The van der Waals surface area contributed by atoms with Crippen LogP contribution in [0, 0.1) is 5.92 Å². The van der Waals surface area contributed by atoms with Crippen molar-refractivity contribution in [3.05, 3.63) is 23.3 Å². The highest BCUT2D eigenvalue weighted by molar-refractivity contribution is 5.82. The topological polar surface area (TPSA) is 72.3 Å². The second kappa shape index (κ2) is 4.54. The van der Waals surface area contributed by atoms with Crippen molar-refractivity contribution in [1.29, 1.82) is 0 Å². The summed E-state index contributed by atoms with van der Waals surface area (Å²) in [7, 11) is 0. The molecule has 114 valence electrons. The number of fused-ring (bicyclic) bond motifs is 4. The summed E-state index contributed by atoms with van der Waals surface area (Å²) in [6.07, 6.45) is -3.38. The molecule has 1 amide bonds. The highest BCUT2D eigenvalue weighted by Crippen LogP contribution is 2.42. The molecule has 2 bridgehead atoms. The minimum absolute atomic E-state index is 0.0468. The molecule has 2 atom stereocenters. The Morgan fingerprint density at radius 1 is 1.19 bits per heavy atom. The molecule has 0 saturated carbocycles. The summed E-state index contributed by atoms with van der Waals surface area (Å²) < 4.78 is 37.8. The van der Waals surface area contributed by atoms with E-state index in [4.69, 9.17) is 11.5 Å². The highest BCUT2D eigenvalue weighted by Gasteiger charge is 2.46. The van der Waals surface area contributed by atoms with E-state index in [-0.39, 0.29) is 24.9 Å². The van der Waals surface area contributed by atoms with Gasteiger partial charge in [-0.3, -0.25) is 4.79 Å². The number of hydrogen-bond acceptors (Lipinski definition) is 3. The molecule has 1 aliphatic heterocycles. The molecular weight excluding hydrogens is 283 g/mol. The average molecular weight is 299 g/mol. The molecule has 4 N–H and O–H groups in total. The fourth-order valence-electron chi connectivity index (χ4n) is 3.49. The van der Waals surface area contributed by atoms with Crippen molar-refractivity contribution in [2.45, 2.75) is 24.9 Å². The normalized spacial score (nSPS) is 24.6. The molecule has 2 unspecified atom stereocenters. The molecule has 4 nitrogen and oxygen atoms in total. The van der Waals surface area contributed by atoms with Crippen molar-refractivity contribution in [1.82, 2.24) is 4.90 Å². The van der Waals surface area contributed by atoms with Crippen molar-refractivity contribution in [3.8, 4) is 0 Å². The van der Waals surface area contributed by atoms with E-state index in [0.29, 0.717) is 17.8 Å². The molecule has 21 heavy (non-hydrogen) atoms. The Labute approximate surface area is 119 Å². The molecule has 0 spiro atoms. The number of piperidine rings is 1. The lowest BCUT2D eigenvalue weighted by Crippen LogP contribution is -2.50. The lowest BCUT2D eigenvalue weighted by molar-refractivity contribution is -0.187. The standard InChI is InChI=1S/C14H16F3N3O/c15-14(16,17)13(21)20-5-7-1-8-3-11(18)12(19)4-10(8)9(2-7)6-20/h3-4,7,9H,1-2,5-6,18-19H2. The number of anilines is 2. The minimum Gasteiger partial charge on any atom is -0.397 e. The van der Waals surface area contributed by atoms with Crippen LogP contribution in [0.15, 0.2) is 12.1 Å². The van der Waals surface area contributed by atoms with Crippen molar-refractivity contribution >= 4 is 17.3 Å². The van der Waals surface area contributed by atoms with Crippen LogP contribution in [0.2, 0.25) is 0 Å². The number of amides is 1. The van der Waals surface area contributed by atoms with Gasteiger partial charge in [-0.25, -0.2) is 0 Å². The number of nitrogens with zero attached hydrogens (tertiary/aromatic N) is 1. The Kier molecular flexibility index (Phi) is 3.04. The number of hydrogen-bond donors (Lipinski definition) is 2. The molecule has 1 fully saturated rings. The number of carbonyl (C=O) groups is 1. The zero-order valence-corrected chi connectivity index (χ0v) is 11.3.